The molecule has 3 heteroatoms. The van der Waals surface area contributed by atoms with Gasteiger partial charge in [-0.05, 0) is 95.8 Å². The van der Waals surface area contributed by atoms with Crippen molar-refractivity contribution in [3.05, 3.63) is 169 Å². The fourth-order valence-electron chi connectivity index (χ4n) is 9.35. The Kier molecular flexibility index (Phi) is 6.03. The second-order valence-corrected chi connectivity index (χ2v) is 15.2. The number of rotatable bonds is 4. The first-order chi connectivity index (χ1) is 24.8. The maximum atomic E-state index is 2.53. The Balaban J connectivity index is 1.17. The molecule has 50 heavy (non-hydrogen) atoms. The van der Waals surface area contributed by atoms with Gasteiger partial charge in [-0.25, -0.2) is 0 Å². The molecule has 0 atom stereocenters. The van der Waals surface area contributed by atoms with Crippen molar-refractivity contribution in [2.75, 3.05) is 4.90 Å². The van der Waals surface area contributed by atoms with E-state index in [-0.39, 0.29) is 5.41 Å². The first-order valence-corrected chi connectivity index (χ1v) is 18.6. The molecule has 1 spiro atoms. The molecular weight excluding hydrogens is 625 g/mol. The molecule has 0 amide bonds. The van der Waals surface area contributed by atoms with Crippen LogP contribution in [0.1, 0.15) is 36.8 Å². The molecule has 2 nitrogen and oxygen atoms in total. The summed E-state index contributed by atoms with van der Waals surface area (Å²) in [5.74, 6) is 0. The fourth-order valence-corrected chi connectivity index (χ4v) is 10.5. The molecule has 0 radical (unpaired) electrons. The van der Waals surface area contributed by atoms with Crippen molar-refractivity contribution >= 4 is 70.4 Å². The van der Waals surface area contributed by atoms with E-state index in [0.29, 0.717) is 0 Å². The standard InChI is InChI=1S/C47H34N2S/c1-2-12-31(13-3-1)49-43-18-8-5-15-37(43)38-24-21-33(29-44(38)49)48(34-22-25-40-39-16-6-9-19-45(39)50-46(40)30-34)32-20-23-36-35-14-4-7-17-41(35)47(42(36)28-32)26-10-11-27-47/h1-9,12-25,28-30H,10-11,26-27H2. The van der Waals surface area contributed by atoms with Crippen LogP contribution >= 0.6 is 11.3 Å². The van der Waals surface area contributed by atoms with Crippen LogP contribution in [0.15, 0.2) is 158 Å². The van der Waals surface area contributed by atoms with E-state index in [9.17, 15) is 0 Å². The van der Waals surface area contributed by atoms with E-state index in [1.165, 1.54) is 107 Å². The highest BCUT2D eigenvalue weighted by molar-refractivity contribution is 7.25. The zero-order valence-corrected chi connectivity index (χ0v) is 28.5. The first-order valence-electron chi connectivity index (χ1n) is 17.8. The van der Waals surface area contributed by atoms with Crippen molar-refractivity contribution < 1.29 is 0 Å². The third-order valence-electron chi connectivity index (χ3n) is 11.5. The number of para-hydroxylation sites is 2. The van der Waals surface area contributed by atoms with E-state index >= 15 is 0 Å². The lowest BCUT2D eigenvalue weighted by Crippen LogP contribution is -2.21. The summed E-state index contributed by atoms with van der Waals surface area (Å²) in [6.45, 7) is 0. The number of hydrogen-bond donors (Lipinski definition) is 0. The number of fused-ring (bicyclic) bond motifs is 11. The van der Waals surface area contributed by atoms with Crippen molar-refractivity contribution in [2.24, 2.45) is 0 Å². The number of nitrogens with zero attached hydrogens (tertiary/aromatic N) is 2. The third-order valence-corrected chi connectivity index (χ3v) is 12.7. The zero-order valence-electron chi connectivity index (χ0n) is 27.6. The number of hydrogen-bond acceptors (Lipinski definition) is 2. The quantitative estimate of drug-likeness (QED) is 0.183. The molecule has 2 aliphatic rings. The Bertz CT molecular complexity index is 2780. The van der Waals surface area contributed by atoms with Gasteiger partial charge in [0.05, 0.1) is 11.0 Å². The van der Waals surface area contributed by atoms with Crippen LogP contribution in [0.2, 0.25) is 0 Å². The minimum absolute atomic E-state index is 0.104. The van der Waals surface area contributed by atoms with Crippen LogP contribution in [-0.4, -0.2) is 4.57 Å². The maximum Gasteiger partial charge on any atom is 0.0561 e. The molecule has 2 aromatic heterocycles. The van der Waals surface area contributed by atoms with Crippen molar-refractivity contribution in [2.45, 2.75) is 31.1 Å². The van der Waals surface area contributed by atoms with Crippen LogP contribution in [0.5, 0.6) is 0 Å². The first kappa shape index (κ1) is 28.2. The summed E-state index contributed by atoms with van der Waals surface area (Å²) in [5.41, 5.74) is 13.1. The van der Waals surface area contributed by atoms with Crippen molar-refractivity contribution in [1.82, 2.24) is 4.57 Å². The molecule has 2 aliphatic carbocycles. The third kappa shape index (κ3) is 3.95. The molecule has 0 unspecified atom stereocenters. The van der Waals surface area contributed by atoms with E-state index in [1.54, 1.807) is 0 Å². The molecule has 2 heterocycles. The largest absolute Gasteiger partial charge is 0.310 e. The lowest BCUT2D eigenvalue weighted by molar-refractivity contribution is 0.550. The Morgan fingerprint density at radius 3 is 1.96 bits per heavy atom. The molecule has 1 saturated carbocycles. The summed E-state index contributed by atoms with van der Waals surface area (Å²) in [6, 6.07) is 59.0. The van der Waals surface area contributed by atoms with E-state index in [4.69, 9.17) is 0 Å². The van der Waals surface area contributed by atoms with Gasteiger partial charge in [0.25, 0.3) is 0 Å². The lowest BCUT2D eigenvalue weighted by Gasteiger charge is -2.30. The fraction of sp³-hybridized carbons (Fsp3) is 0.106. The predicted molar refractivity (Wildman–Crippen MR) is 213 cm³/mol. The van der Waals surface area contributed by atoms with E-state index in [2.05, 4.69) is 167 Å². The van der Waals surface area contributed by atoms with Gasteiger partial charge in [0, 0.05) is 59.1 Å². The summed E-state index contributed by atoms with van der Waals surface area (Å²) in [4.78, 5) is 2.50. The van der Waals surface area contributed by atoms with Crippen LogP contribution in [0.4, 0.5) is 17.1 Å². The van der Waals surface area contributed by atoms with Gasteiger partial charge in [0.2, 0.25) is 0 Å². The van der Waals surface area contributed by atoms with E-state index in [1.807, 2.05) is 11.3 Å². The SMILES string of the molecule is c1ccc(-n2c3ccccc3c3ccc(N(c4ccc5c(c4)C4(CCCC4)c4ccccc4-5)c4ccc5c(c4)sc4ccccc45)cc32)cc1. The van der Waals surface area contributed by atoms with Crippen LogP contribution < -0.4 is 4.90 Å². The number of thiophene rings is 1. The van der Waals surface area contributed by atoms with E-state index in [0.717, 1.165) is 5.69 Å². The van der Waals surface area contributed by atoms with Crippen LogP contribution in [-0.2, 0) is 5.41 Å². The van der Waals surface area contributed by atoms with Gasteiger partial charge in [-0.1, -0.05) is 110 Å². The Hall–Kier alpha value is -5.64. The molecular formula is C47H34N2S. The summed E-state index contributed by atoms with van der Waals surface area (Å²) in [6.07, 6.45) is 5.00. The molecule has 0 aliphatic heterocycles. The summed E-state index contributed by atoms with van der Waals surface area (Å²) >= 11 is 1.89. The molecule has 0 bridgehead atoms. The average Bonchev–Trinajstić information content (AvgIpc) is 3.94. The second kappa shape index (κ2) is 10.7. The van der Waals surface area contributed by atoms with E-state index < -0.39 is 0 Å². The molecule has 0 N–H and O–H groups in total. The number of aromatic nitrogens is 1. The van der Waals surface area contributed by atoms with Crippen LogP contribution in [0, 0.1) is 0 Å². The van der Waals surface area contributed by atoms with Crippen LogP contribution in [0.3, 0.4) is 0 Å². The van der Waals surface area contributed by atoms with Crippen molar-refractivity contribution in [3.8, 4) is 16.8 Å². The van der Waals surface area contributed by atoms with Crippen molar-refractivity contribution in [1.29, 1.82) is 0 Å². The van der Waals surface area contributed by atoms with Crippen LogP contribution in [0.25, 0.3) is 58.8 Å². The topological polar surface area (TPSA) is 8.17 Å². The predicted octanol–water partition coefficient (Wildman–Crippen LogP) is 13.5. The average molecular weight is 659 g/mol. The molecule has 11 rings (SSSR count). The highest BCUT2D eigenvalue weighted by atomic mass is 32.1. The van der Waals surface area contributed by atoms with Gasteiger partial charge in [-0.2, -0.15) is 0 Å². The highest BCUT2D eigenvalue weighted by Gasteiger charge is 2.45. The Labute approximate surface area is 295 Å². The molecule has 1 fully saturated rings. The van der Waals surface area contributed by atoms with Crippen molar-refractivity contribution in [3.63, 3.8) is 0 Å². The normalized spacial score (nSPS) is 14.6. The molecule has 9 aromatic rings. The second-order valence-electron chi connectivity index (χ2n) is 14.1. The smallest absolute Gasteiger partial charge is 0.0561 e. The maximum absolute atomic E-state index is 2.53. The van der Waals surface area contributed by atoms with Gasteiger partial charge in [-0.15, -0.1) is 11.3 Å². The lowest BCUT2D eigenvalue weighted by atomic mass is 9.76. The van der Waals surface area contributed by atoms with Gasteiger partial charge >= 0.3 is 0 Å². The summed E-state index contributed by atoms with van der Waals surface area (Å²) in [7, 11) is 0. The number of benzene rings is 7. The minimum Gasteiger partial charge on any atom is -0.310 e. The molecule has 238 valence electrons. The summed E-state index contributed by atoms with van der Waals surface area (Å²) < 4.78 is 5.07. The summed E-state index contributed by atoms with van der Waals surface area (Å²) in [5, 5.41) is 5.19. The Morgan fingerprint density at radius 1 is 0.460 bits per heavy atom. The zero-order chi connectivity index (χ0) is 32.8. The number of anilines is 3. The minimum atomic E-state index is 0.104. The molecule has 0 saturated heterocycles. The molecule has 7 aromatic carbocycles. The van der Waals surface area contributed by atoms with Gasteiger partial charge in [-0.3, -0.25) is 0 Å². The van der Waals surface area contributed by atoms with Gasteiger partial charge < -0.3 is 9.47 Å². The highest BCUT2D eigenvalue weighted by Crippen LogP contribution is 2.58. The monoisotopic (exact) mass is 658 g/mol. The van der Waals surface area contributed by atoms with Gasteiger partial charge in [0.1, 0.15) is 0 Å². The Morgan fingerprint density at radius 2 is 1.08 bits per heavy atom. The van der Waals surface area contributed by atoms with Gasteiger partial charge in [0.15, 0.2) is 0 Å².